The highest BCUT2D eigenvalue weighted by Gasteiger charge is 2.29. The molecule has 1 N–H and O–H groups in total. The second-order valence-electron chi connectivity index (χ2n) is 6.14. The molecule has 1 aromatic rings. The molecule has 126 valence electrons. The molecule has 23 heavy (non-hydrogen) atoms. The maximum atomic E-state index is 12.5. The van der Waals surface area contributed by atoms with E-state index in [9.17, 15) is 4.79 Å². The average Bonchev–Trinajstić information content (AvgIpc) is 2.56. The number of aromatic nitrogens is 1. The number of nitrogens with zero attached hydrogens (tertiary/aromatic N) is 2. The van der Waals surface area contributed by atoms with Gasteiger partial charge < -0.3 is 15.0 Å². The van der Waals surface area contributed by atoms with Crippen LogP contribution >= 0.6 is 23.2 Å². The number of nitrogens with one attached hydrogen (secondary N) is 1. The molecule has 1 amide bonds. The molecule has 2 fully saturated rings. The van der Waals surface area contributed by atoms with Gasteiger partial charge in [-0.25, -0.2) is 4.98 Å². The summed E-state index contributed by atoms with van der Waals surface area (Å²) in [6.45, 7) is 2.96. The number of carbonyl (C=O) groups excluding carboxylic acids is 1. The topological polar surface area (TPSA) is 54.5 Å². The highest BCUT2D eigenvalue weighted by atomic mass is 35.5. The summed E-state index contributed by atoms with van der Waals surface area (Å²) in [7, 11) is 0. The van der Waals surface area contributed by atoms with Crippen molar-refractivity contribution in [3.63, 3.8) is 0 Å². The molecular weight excluding hydrogens is 337 g/mol. The Balaban J connectivity index is 1.62. The van der Waals surface area contributed by atoms with E-state index in [1.54, 1.807) is 12.3 Å². The molecular formula is C16H21Cl2N3O2. The van der Waals surface area contributed by atoms with Crippen LogP contribution in [0.25, 0.3) is 0 Å². The summed E-state index contributed by atoms with van der Waals surface area (Å²) in [5.41, 5.74) is 0. The van der Waals surface area contributed by atoms with Crippen molar-refractivity contribution in [2.75, 3.05) is 31.2 Å². The first-order valence-corrected chi connectivity index (χ1v) is 8.83. The summed E-state index contributed by atoms with van der Waals surface area (Å²) in [5.74, 6) is 0.812. The number of hydrogen-bond acceptors (Lipinski definition) is 4. The van der Waals surface area contributed by atoms with Crippen molar-refractivity contribution in [2.24, 2.45) is 5.92 Å². The molecule has 1 aromatic heterocycles. The standard InChI is InChI=1S/C16H21Cl2N3O2/c17-12-8-14(18)15(19-9-12)21-5-1-2-11(10-21)16(22)20-13-3-6-23-7-4-13/h8-9,11,13H,1-7,10H2,(H,20,22). The van der Waals surface area contributed by atoms with Crippen LogP contribution in [-0.4, -0.2) is 43.2 Å². The van der Waals surface area contributed by atoms with Gasteiger partial charge in [-0.3, -0.25) is 4.79 Å². The summed E-state index contributed by atoms with van der Waals surface area (Å²) < 4.78 is 5.33. The van der Waals surface area contributed by atoms with Crippen molar-refractivity contribution in [3.05, 3.63) is 22.3 Å². The van der Waals surface area contributed by atoms with Gasteiger partial charge in [0.05, 0.1) is 16.0 Å². The van der Waals surface area contributed by atoms with E-state index in [1.165, 1.54) is 0 Å². The Kier molecular flexibility index (Phi) is 5.62. The Hall–Kier alpha value is -1.04. The minimum atomic E-state index is -0.0276. The number of carbonyl (C=O) groups is 1. The predicted octanol–water partition coefficient (Wildman–Crippen LogP) is 2.90. The Labute approximate surface area is 146 Å². The molecule has 0 spiro atoms. The van der Waals surface area contributed by atoms with Gasteiger partial charge in [0.15, 0.2) is 0 Å². The fourth-order valence-electron chi connectivity index (χ4n) is 3.18. The number of pyridine rings is 1. The highest BCUT2D eigenvalue weighted by molar-refractivity contribution is 6.36. The number of piperidine rings is 1. The van der Waals surface area contributed by atoms with E-state index in [0.29, 0.717) is 22.4 Å². The summed E-state index contributed by atoms with van der Waals surface area (Å²) in [4.78, 5) is 18.9. The van der Waals surface area contributed by atoms with E-state index in [4.69, 9.17) is 27.9 Å². The van der Waals surface area contributed by atoms with Crippen molar-refractivity contribution in [2.45, 2.75) is 31.7 Å². The number of anilines is 1. The lowest BCUT2D eigenvalue weighted by Crippen LogP contribution is -2.47. The first-order valence-electron chi connectivity index (χ1n) is 8.07. The van der Waals surface area contributed by atoms with E-state index in [1.807, 2.05) is 0 Å². The number of hydrogen-bond donors (Lipinski definition) is 1. The van der Waals surface area contributed by atoms with Gasteiger partial charge in [0.1, 0.15) is 5.82 Å². The van der Waals surface area contributed by atoms with Gasteiger partial charge in [0.2, 0.25) is 5.91 Å². The lowest BCUT2D eigenvalue weighted by atomic mass is 9.96. The van der Waals surface area contributed by atoms with Crippen LogP contribution in [0.5, 0.6) is 0 Å². The molecule has 2 aliphatic heterocycles. The molecule has 0 radical (unpaired) electrons. The Morgan fingerprint density at radius 1 is 1.30 bits per heavy atom. The van der Waals surface area contributed by atoms with Crippen LogP contribution in [0.1, 0.15) is 25.7 Å². The van der Waals surface area contributed by atoms with Gasteiger partial charge >= 0.3 is 0 Å². The Morgan fingerprint density at radius 2 is 2.09 bits per heavy atom. The van der Waals surface area contributed by atoms with E-state index in [-0.39, 0.29) is 17.9 Å². The second-order valence-corrected chi connectivity index (χ2v) is 6.98. The van der Waals surface area contributed by atoms with Crippen molar-refractivity contribution in [1.29, 1.82) is 0 Å². The van der Waals surface area contributed by atoms with Crippen LogP contribution in [-0.2, 0) is 9.53 Å². The zero-order valence-corrected chi connectivity index (χ0v) is 14.4. The smallest absolute Gasteiger partial charge is 0.225 e. The van der Waals surface area contributed by atoms with Crippen molar-refractivity contribution < 1.29 is 9.53 Å². The SMILES string of the molecule is O=C(NC1CCOCC1)C1CCCN(c2ncc(Cl)cc2Cl)C1. The zero-order valence-electron chi connectivity index (χ0n) is 12.9. The van der Waals surface area contributed by atoms with E-state index in [2.05, 4.69) is 15.2 Å². The third-order valence-corrected chi connectivity index (χ3v) is 4.93. The Morgan fingerprint density at radius 3 is 2.83 bits per heavy atom. The lowest BCUT2D eigenvalue weighted by molar-refractivity contribution is -0.126. The fourth-order valence-corrected chi connectivity index (χ4v) is 3.68. The predicted molar refractivity (Wildman–Crippen MR) is 91.2 cm³/mol. The molecule has 3 heterocycles. The average molecular weight is 358 g/mol. The van der Waals surface area contributed by atoms with Crippen molar-refractivity contribution in [3.8, 4) is 0 Å². The number of amides is 1. The van der Waals surface area contributed by atoms with Crippen molar-refractivity contribution in [1.82, 2.24) is 10.3 Å². The van der Waals surface area contributed by atoms with Crippen LogP contribution in [0.2, 0.25) is 10.0 Å². The number of rotatable bonds is 3. The summed E-state index contributed by atoms with van der Waals surface area (Å²) in [5, 5.41) is 4.21. The van der Waals surface area contributed by atoms with E-state index >= 15 is 0 Å². The number of ether oxygens (including phenoxy) is 1. The molecule has 2 aliphatic rings. The minimum Gasteiger partial charge on any atom is -0.381 e. The summed E-state index contributed by atoms with van der Waals surface area (Å²) in [6, 6.07) is 1.93. The van der Waals surface area contributed by atoms with Crippen LogP contribution < -0.4 is 10.2 Å². The third-order valence-electron chi connectivity index (χ3n) is 4.45. The molecule has 0 aromatic carbocycles. The summed E-state index contributed by atoms with van der Waals surface area (Å²) in [6.07, 6.45) is 5.23. The van der Waals surface area contributed by atoms with Crippen molar-refractivity contribution >= 4 is 34.9 Å². The molecule has 5 nitrogen and oxygen atoms in total. The quantitative estimate of drug-likeness (QED) is 0.903. The monoisotopic (exact) mass is 357 g/mol. The zero-order chi connectivity index (χ0) is 16.2. The first-order chi connectivity index (χ1) is 11.1. The highest BCUT2D eigenvalue weighted by Crippen LogP contribution is 2.29. The second kappa shape index (κ2) is 7.69. The van der Waals surface area contributed by atoms with Gasteiger partial charge in [0.25, 0.3) is 0 Å². The molecule has 1 atom stereocenters. The van der Waals surface area contributed by atoms with Gasteiger partial charge in [0, 0.05) is 38.5 Å². The molecule has 2 saturated heterocycles. The number of halogens is 2. The molecule has 0 bridgehead atoms. The van der Waals surface area contributed by atoms with Gasteiger partial charge in [-0.05, 0) is 31.7 Å². The van der Waals surface area contributed by atoms with Gasteiger partial charge in [-0.1, -0.05) is 23.2 Å². The minimum absolute atomic E-state index is 0.0276. The molecule has 0 saturated carbocycles. The maximum Gasteiger partial charge on any atom is 0.225 e. The van der Waals surface area contributed by atoms with Crippen LogP contribution in [0.4, 0.5) is 5.82 Å². The van der Waals surface area contributed by atoms with Crippen LogP contribution in [0.3, 0.4) is 0 Å². The van der Waals surface area contributed by atoms with E-state index < -0.39 is 0 Å². The Bertz CT molecular complexity index is 564. The first kappa shape index (κ1) is 16.8. The van der Waals surface area contributed by atoms with E-state index in [0.717, 1.165) is 45.4 Å². The maximum absolute atomic E-state index is 12.5. The molecule has 7 heteroatoms. The third kappa shape index (κ3) is 4.28. The summed E-state index contributed by atoms with van der Waals surface area (Å²) >= 11 is 12.1. The molecule has 1 unspecified atom stereocenters. The van der Waals surface area contributed by atoms with Gasteiger partial charge in [-0.2, -0.15) is 0 Å². The largest absolute Gasteiger partial charge is 0.381 e. The molecule has 3 rings (SSSR count). The van der Waals surface area contributed by atoms with Gasteiger partial charge in [-0.15, -0.1) is 0 Å². The fraction of sp³-hybridized carbons (Fsp3) is 0.625. The van der Waals surface area contributed by atoms with Crippen LogP contribution in [0, 0.1) is 5.92 Å². The lowest BCUT2D eigenvalue weighted by Gasteiger charge is -2.34. The normalized spacial score (nSPS) is 22.9. The molecule has 0 aliphatic carbocycles. The van der Waals surface area contributed by atoms with Crippen LogP contribution in [0.15, 0.2) is 12.3 Å².